The summed E-state index contributed by atoms with van der Waals surface area (Å²) in [7, 11) is 0. The Labute approximate surface area is 127 Å². The van der Waals surface area contributed by atoms with Gasteiger partial charge in [0, 0.05) is 12.3 Å². The molecule has 5 heteroatoms. The lowest BCUT2D eigenvalue weighted by Gasteiger charge is -2.12. The van der Waals surface area contributed by atoms with Gasteiger partial charge in [0.05, 0.1) is 16.9 Å². The van der Waals surface area contributed by atoms with E-state index in [4.69, 9.17) is 4.42 Å². The van der Waals surface area contributed by atoms with E-state index in [1.54, 1.807) is 36.0 Å². The van der Waals surface area contributed by atoms with Gasteiger partial charge < -0.3 is 4.42 Å². The fraction of sp³-hybridized carbons (Fsp3) is 0.250. The number of rotatable bonds is 5. The van der Waals surface area contributed by atoms with Crippen LogP contribution in [-0.2, 0) is 5.75 Å². The van der Waals surface area contributed by atoms with E-state index in [0.29, 0.717) is 23.4 Å². The van der Waals surface area contributed by atoms with Crippen molar-refractivity contribution in [1.29, 1.82) is 0 Å². The molecule has 21 heavy (non-hydrogen) atoms. The van der Waals surface area contributed by atoms with Gasteiger partial charge in [-0.15, -0.1) is 0 Å². The summed E-state index contributed by atoms with van der Waals surface area (Å²) in [5, 5.41) is 0. The molecule has 0 bridgehead atoms. The third-order valence-corrected chi connectivity index (χ3v) is 4.34. The lowest BCUT2D eigenvalue weighted by molar-refractivity contribution is 0.0664. The molecule has 0 unspecified atom stereocenters. The number of thioether (sulfide) groups is 1. The second-order valence-corrected chi connectivity index (χ2v) is 5.98. The summed E-state index contributed by atoms with van der Waals surface area (Å²) in [6.07, 6.45) is 0. The number of benzene rings is 1. The smallest absolute Gasteiger partial charge is 0.261 e. The van der Waals surface area contributed by atoms with Crippen molar-refractivity contribution >= 4 is 23.6 Å². The summed E-state index contributed by atoms with van der Waals surface area (Å²) in [4.78, 5) is 25.6. The van der Waals surface area contributed by atoms with Crippen LogP contribution in [0.1, 0.15) is 32.2 Å². The molecule has 0 radical (unpaired) electrons. The molecule has 4 nitrogen and oxygen atoms in total. The minimum absolute atomic E-state index is 0.190. The highest BCUT2D eigenvalue weighted by Crippen LogP contribution is 2.23. The van der Waals surface area contributed by atoms with E-state index in [-0.39, 0.29) is 11.8 Å². The summed E-state index contributed by atoms with van der Waals surface area (Å²) in [6, 6.07) is 10.8. The number of amides is 2. The van der Waals surface area contributed by atoms with Crippen molar-refractivity contribution in [2.24, 2.45) is 0 Å². The highest BCUT2D eigenvalue weighted by molar-refractivity contribution is 7.98. The number of imide groups is 1. The van der Waals surface area contributed by atoms with Crippen LogP contribution >= 0.6 is 11.8 Å². The van der Waals surface area contributed by atoms with Gasteiger partial charge in [-0.3, -0.25) is 14.5 Å². The Hall–Kier alpha value is -2.01. The van der Waals surface area contributed by atoms with Gasteiger partial charge in [0.15, 0.2) is 0 Å². The maximum Gasteiger partial charge on any atom is 0.261 e. The van der Waals surface area contributed by atoms with Crippen LogP contribution in [0, 0.1) is 6.92 Å². The lowest BCUT2D eigenvalue weighted by Crippen LogP contribution is -2.31. The quantitative estimate of drug-likeness (QED) is 0.629. The Morgan fingerprint density at radius 3 is 2.29 bits per heavy atom. The average molecular weight is 301 g/mol. The maximum atomic E-state index is 12.2. The molecule has 2 amide bonds. The number of carbonyl (C=O) groups excluding carboxylic acids is 2. The number of fused-ring (bicyclic) bond motifs is 1. The zero-order chi connectivity index (χ0) is 14.8. The first-order valence-electron chi connectivity index (χ1n) is 6.75. The molecule has 108 valence electrons. The third-order valence-electron chi connectivity index (χ3n) is 3.38. The minimum Gasteiger partial charge on any atom is -0.466 e. The van der Waals surface area contributed by atoms with Crippen LogP contribution in [0.25, 0.3) is 0 Å². The molecule has 3 rings (SSSR count). The van der Waals surface area contributed by atoms with Gasteiger partial charge in [-0.25, -0.2) is 0 Å². The second-order valence-electron chi connectivity index (χ2n) is 4.87. The number of hydrogen-bond donors (Lipinski definition) is 0. The van der Waals surface area contributed by atoms with Gasteiger partial charge in [-0.2, -0.15) is 11.8 Å². The summed E-state index contributed by atoms with van der Waals surface area (Å²) in [5.41, 5.74) is 1.02. The highest BCUT2D eigenvalue weighted by atomic mass is 32.2. The standard InChI is InChI=1S/C16H15NO3S/c1-11-6-7-12(20-11)10-21-9-8-17-15(18)13-4-2-3-5-14(13)16(17)19/h2-7H,8-10H2,1H3. The molecule has 0 fully saturated rings. The van der Waals surface area contributed by atoms with Crippen LogP contribution < -0.4 is 0 Å². The molecule has 2 heterocycles. The molecule has 1 aromatic heterocycles. The first-order chi connectivity index (χ1) is 10.2. The van der Waals surface area contributed by atoms with E-state index >= 15 is 0 Å². The Morgan fingerprint density at radius 2 is 1.71 bits per heavy atom. The van der Waals surface area contributed by atoms with Crippen molar-refractivity contribution < 1.29 is 14.0 Å². The van der Waals surface area contributed by atoms with E-state index in [2.05, 4.69) is 0 Å². The van der Waals surface area contributed by atoms with Gasteiger partial charge in [-0.1, -0.05) is 12.1 Å². The number of furan rings is 1. The Bertz CT molecular complexity index is 657. The van der Waals surface area contributed by atoms with E-state index in [9.17, 15) is 9.59 Å². The molecule has 2 aromatic rings. The molecule has 0 N–H and O–H groups in total. The van der Waals surface area contributed by atoms with E-state index in [1.807, 2.05) is 19.1 Å². The van der Waals surface area contributed by atoms with Crippen LogP contribution in [0.5, 0.6) is 0 Å². The normalized spacial score (nSPS) is 13.9. The van der Waals surface area contributed by atoms with Gasteiger partial charge >= 0.3 is 0 Å². The zero-order valence-corrected chi connectivity index (χ0v) is 12.5. The van der Waals surface area contributed by atoms with Crippen LogP contribution in [0.4, 0.5) is 0 Å². The molecule has 0 aliphatic carbocycles. The zero-order valence-electron chi connectivity index (χ0n) is 11.7. The van der Waals surface area contributed by atoms with Crippen LogP contribution in [-0.4, -0.2) is 29.0 Å². The molecule has 1 aliphatic rings. The predicted octanol–water partition coefficient (Wildman–Crippen LogP) is 3.12. The van der Waals surface area contributed by atoms with Crippen molar-refractivity contribution in [3.63, 3.8) is 0 Å². The molecule has 1 aromatic carbocycles. The summed E-state index contributed by atoms with van der Waals surface area (Å²) < 4.78 is 5.48. The third kappa shape index (κ3) is 2.74. The summed E-state index contributed by atoms with van der Waals surface area (Å²) in [5.74, 6) is 2.88. The highest BCUT2D eigenvalue weighted by Gasteiger charge is 2.34. The van der Waals surface area contributed by atoms with Gasteiger partial charge in [0.1, 0.15) is 11.5 Å². The lowest BCUT2D eigenvalue weighted by atomic mass is 10.1. The van der Waals surface area contributed by atoms with Crippen molar-refractivity contribution in [2.75, 3.05) is 12.3 Å². The van der Waals surface area contributed by atoms with Crippen LogP contribution in [0.3, 0.4) is 0 Å². The van der Waals surface area contributed by atoms with Gasteiger partial charge in [0.2, 0.25) is 0 Å². The van der Waals surface area contributed by atoms with Gasteiger partial charge in [-0.05, 0) is 31.2 Å². The molecule has 0 saturated carbocycles. The Kier molecular flexibility index (Phi) is 3.84. The molecular formula is C16H15NO3S. The number of aryl methyl sites for hydroxylation is 1. The van der Waals surface area contributed by atoms with Crippen LogP contribution in [0.15, 0.2) is 40.8 Å². The fourth-order valence-corrected chi connectivity index (χ4v) is 3.15. The Morgan fingerprint density at radius 1 is 1.05 bits per heavy atom. The first-order valence-corrected chi connectivity index (χ1v) is 7.90. The van der Waals surface area contributed by atoms with Crippen molar-refractivity contribution in [1.82, 2.24) is 4.90 Å². The van der Waals surface area contributed by atoms with Crippen molar-refractivity contribution in [3.05, 3.63) is 59.0 Å². The van der Waals surface area contributed by atoms with Crippen molar-refractivity contribution in [2.45, 2.75) is 12.7 Å². The summed E-state index contributed by atoms with van der Waals surface area (Å²) >= 11 is 1.65. The van der Waals surface area contributed by atoms with Crippen LogP contribution in [0.2, 0.25) is 0 Å². The Balaban J connectivity index is 1.55. The van der Waals surface area contributed by atoms with Crippen molar-refractivity contribution in [3.8, 4) is 0 Å². The monoisotopic (exact) mass is 301 g/mol. The summed E-state index contributed by atoms with van der Waals surface area (Å²) in [6.45, 7) is 2.34. The topological polar surface area (TPSA) is 50.5 Å². The fourth-order valence-electron chi connectivity index (χ4n) is 2.33. The van der Waals surface area contributed by atoms with E-state index < -0.39 is 0 Å². The molecule has 1 aliphatic heterocycles. The molecule has 0 saturated heterocycles. The first kappa shape index (κ1) is 13.9. The average Bonchev–Trinajstić information content (AvgIpc) is 3.00. The predicted molar refractivity (Wildman–Crippen MR) is 81.4 cm³/mol. The van der Waals surface area contributed by atoms with Gasteiger partial charge in [0.25, 0.3) is 11.8 Å². The largest absolute Gasteiger partial charge is 0.466 e. The molecule has 0 atom stereocenters. The number of nitrogens with zero attached hydrogens (tertiary/aromatic N) is 1. The minimum atomic E-state index is -0.190. The molecule has 0 spiro atoms. The SMILES string of the molecule is Cc1ccc(CSCCN2C(=O)c3ccccc3C2=O)o1. The van der Waals surface area contributed by atoms with E-state index in [0.717, 1.165) is 17.3 Å². The molecular weight excluding hydrogens is 286 g/mol. The number of hydrogen-bond acceptors (Lipinski definition) is 4. The number of carbonyl (C=O) groups is 2. The second kappa shape index (κ2) is 5.77. The van der Waals surface area contributed by atoms with E-state index in [1.165, 1.54) is 4.90 Å². The maximum absolute atomic E-state index is 12.2.